The van der Waals surface area contributed by atoms with Crippen LogP contribution in [0, 0.1) is 12.8 Å². The highest BCUT2D eigenvalue weighted by atomic mass is 79.9. The van der Waals surface area contributed by atoms with E-state index in [1.807, 2.05) is 37.3 Å². The molecule has 1 aliphatic rings. The van der Waals surface area contributed by atoms with E-state index < -0.39 is 0 Å². The Bertz CT molecular complexity index is 499. The van der Waals surface area contributed by atoms with E-state index in [1.54, 1.807) is 0 Å². The first-order valence-electron chi connectivity index (χ1n) is 6.42. The molecule has 2 atom stereocenters. The van der Waals surface area contributed by atoms with Crippen molar-refractivity contribution in [2.75, 3.05) is 6.61 Å². The summed E-state index contributed by atoms with van der Waals surface area (Å²) in [5.41, 5.74) is 2.15. The predicted molar refractivity (Wildman–Crippen MR) is 78.8 cm³/mol. The molecule has 1 amide bonds. The number of carbonyl (C=O) groups is 1. The van der Waals surface area contributed by atoms with Crippen LogP contribution in [0.1, 0.15) is 17.5 Å². The number of carbonyl (C=O) groups excluding carboxylic acids is 1. The highest BCUT2D eigenvalue weighted by Crippen LogP contribution is 2.18. The Morgan fingerprint density at radius 3 is 2.89 bits per heavy atom. The summed E-state index contributed by atoms with van der Waals surface area (Å²) in [4.78, 5) is 12.0. The molecular weight excluding hydrogens is 306 g/mol. The molecule has 0 bridgehead atoms. The van der Waals surface area contributed by atoms with Gasteiger partial charge in [0, 0.05) is 23.0 Å². The zero-order valence-electron chi connectivity index (χ0n) is 10.9. The number of nitrogens with one attached hydrogen (secondary N) is 1. The van der Waals surface area contributed by atoms with Crippen LogP contribution in [0.3, 0.4) is 0 Å². The van der Waals surface area contributed by atoms with Gasteiger partial charge in [-0.05, 0) is 36.6 Å². The van der Waals surface area contributed by atoms with Crippen molar-refractivity contribution in [1.29, 1.82) is 0 Å². The molecule has 0 radical (unpaired) electrons. The molecule has 1 aliphatic carbocycles. The highest BCUT2D eigenvalue weighted by Gasteiger charge is 2.19. The second-order valence-electron chi connectivity index (χ2n) is 4.98. The van der Waals surface area contributed by atoms with Gasteiger partial charge >= 0.3 is 0 Å². The predicted octanol–water partition coefficient (Wildman–Crippen LogP) is 2.35. The van der Waals surface area contributed by atoms with Crippen molar-refractivity contribution in [2.24, 2.45) is 5.92 Å². The normalized spacial score (nSPS) is 21.6. The first kappa shape index (κ1) is 14.3. The van der Waals surface area contributed by atoms with Crippen LogP contribution in [0.4, 0.5) is 0 Å². The fourth-order valence-corrected chi connectivity index (χ4v) is 2.78. The van der Waals surface area contributed by atoms with E-state index in [4.69, 9.17) is 5.11 Å². The summed E-state index contributed by atoms with van der Waals surface area (Å²) in [6.07, 6.45) is 5.12. The van der Waals surface area contributed by atoms with Gasteiger partial charge in [-0.25, -0.2) is 0 Å². The van der Waals surface area contributed by atoms with Crippen LogP contribution < -0.4 is 5.32 Å². The van der Waals surface area contributed by atoms with Gasteiger partial charge in [-0.1, -0.05) is 34.1 Å². The number of benzene rings is 1. The molecule has 1 aromatic carbocycles. The zero-order chi connectivity index (χ0) is 13.8. The van der Waals surface area contributed by atoms with Gasteiger partial charge in [-0.15, -0.1) is 0 Å². The standard InChI is InChI=1S/C15H18BrNO2/c1-10-6-13(16)4-3-12(10)8-15(19)17-14-5-2-11(7-14)9-18/h2-6,11,14,18H,7-9H2,1H3,(H,17,19)/t11-,14+/m0/s1. The molecule has 0 aliphatic heterocycles. The van der Waals surface area contributed by atoms with Crippen LogP contribution in [0.15, 0.2) is 34.8 Å². The van der Waals surface area contributed by atoms with E-state index in [1.165, 1.54) is 0 Å². The lowest BCUT2D eigenvalue weighted by molar-refractivity contribution is -0.120. The summed E-state index contributed by atoms with van der Waals surface area (Å²) in [5, 5.41) is 12.0. The number of aryl methyl sites for hydroxylation is 1. The Morgan fingerprint density at radius 1 is 1.47 bits per heavy atom. The third-order valence-electron chi connectivity index (χ3n) is 3.41. The molecule has 2 N–H and O–H groups in total. The molecule has 102 valence electrons. The van der Waals surface area contributed by atoms with Crippen molar-refractivity contribution in [3.05, 3.63) is 46.0 Å². The molecule has 0 saturated carbocycles. The number of aliphatic hydroxyl groups is 1. The maximum Gasteiger partial charge on any atom is 0.224 e. The molecule has 0 saturated heterocycles. The summed E-state index contributed by atoms with van der Waals surface area (Å²) < 4.78 is 1.03. The van der Waals surface area contributed by atoms with E-state index >= 15 is 0 Å². The topological polar surface area (TPSA) is 49.3 Å². The van der Waals surface area contributed by atoms with Crippen molar-refractivity contribution in [3.8, 4) is 0 Å². The molecule has 4 heteroatoms. The first-order chi connectivity index (χ1) is 9.08. The smallest absolute Gasteiger partial charge is 0.224 e. The van der Waals surface area contributed by atoms with Gasteiger partial charge in [-0.3, -0.25) is 4.79 Å². The SMILES string of the molecule is Cc1cc(Br)ccc1CC(=O)N[C@@H]1C=C[C@H](CO)C1. The van der Waals surface area contributed by atoms with Gasteiger partial charge in [0.1, 0.15) is 0 Å². The highest BCUT2D eigenvalue weighted by molar-refractivity contribution is 9.10. The monoisotopic (exact) mass is 323 g/mol. The average Bonchev–Trinajstić information content (AvgIpc) is 2.80. The van der Waals surface area contributed by atoms with Crippen LogP contribution in [0.2, 0.25) is 0 Å². The lowest BCUT2D eigenvalue weighted by Crippen LogP contribution is -2.34. The maximum absolute atomic E-state index is 12.0. The van der Waals surface area contributed by atoms with Crippen LogP contribution in [-0.2, 0) is 11.2 Å². The lowest BCUT2D eigenvalue weighted by Gasteiger charge is -2.13. The minimum atomic E-state index is 0.0265. The molecule has 19 heavy (non-hydrogen) atoms. The minimum absolute atomic E-state index is 0.0265. The van der Waals surface area contributed by atoms with Crippen molar-refractivity contribution < 1.29 is 9.90 Å². The van der Waals surface area contributed by atoms with Gasteiger partial charge < -0.3 is 10.4 Å². The summed E-state index contributed by atoms with van der Waals surface area (Å²) >= 11 is 3.41. The first-order valence-corrected chi connectivity index (χ1v) is 7.21. The van der Waals surface area contributed by atoms with E-state index in [0.29, 0.717) is 6.42 Å². The fraction of sp³-hybridized carbons (Fsp3) is 0.400. The Morgan fingerprint density at radius 2 is 2.26 bits per heavy atom. The van der Waals surface area contributed by atoms with Crippen LogP contribution in [0.25, 0.3) is 0 Å². The molecule has 0 aromatic heterocycles. The largest absolute Gasteiger partial charge is 0.396 e. The second-order valence-corrected chi connectivity index (χ2v) is 5.90. The average molecular weight is 324 g/mol. The van der Waals surface area contributed by atoms with E-state index in [2.05, 4.69) is 21.2 Å². The van der Waals surface area contributed by atoms with Crippen LogP contribution in [0.5, 0.6) is 0 Å². The number of halogens is 1. The maximum atomic E-state index is 12.0. The summed E-state index contributed by atoms with van der Waals surface area (Å²) in [5.74, 6) is 0.207. The van der Waals surface area contributed by atoms with Crippen molar-refractivity contribution in [3.63, 3.8) is 0 Å². The van der Waals surface area contributed by atoms with Crippen molar-refractivity contribution in [2.45, 2.75) is 25.8 Å². The molecule has 0 unspecified atom stereocenters. The van der Waals surface area contributed by atoms with Gasteiger partial charge in [0.2, 0.25) is 5.91 Å². The quantitative estimate of drug-likeness (QED) is 0.836. The molecular formula is C15H18BrNO2. The Hall–Kier alpha value is -1.13. The minimum Gasteiger partial charge on any atom is -0.396 e. The number of hydrogen-bond acceptors (Lipinski definition) is 2. The van der Waals surface area contributed by atoms with E-state index in [0.717, 1.165) is 22.0 Å². The molecule has 0 heterocycles. The van der Waals surface area contributed by atoms with Crippen LogP contribution >= 0.6 is 15.9 Å². The lowest BCUT2D eigenvalue weighted by atomic mass is 10.0. The molecule has 0 fully saturated rings. The Kier molecular flexibility index (Phi) is 4.77. The second kappa shape index (κ2) is 6.35. The Labute approximate surface area is 121 Å². The number of amides is 1. The molecule has 0 spiro atoms. The number of hydrogen-bond donors (Lipinski definition) is 2. The molecule has 3 nitrogen and oxygen atoms in total. The van der Waals surface area contributed by atoms with E-state index in [9.17, 15) is 4.79 Å². The Balaban J connectivity index is 1.90. The van der Waals surface area contributed by atoms with Gasteiger partial charge in [0.25, 0.3) is 0 Å². The third-order valence-corrected chi connectivity index (χ3v) is 3.90. The van der Waals surface area contributed by atoms with Gasteiger partial charge in [-0.2, -0.15) is 0 Å². The summed E-state index contributed by atoms with van der Waals surface area (Å²) in [7, 11) is 0. The van der Waals surface area contributed by atoms with Crippen molar-refractivity contribution in [1.82, 2.24) is 5.32 Å². The number of aliphatic hydroxyl groups excluding tert-OH is 1. The number of rotatable bonds is 4. The molecule has 1 aromatic rings. The van der Waals surface area contributed by atoms with Crippen molar-refractivity contribution >= 4 is 21.8 Å². The van der Waals surface area contributed by atoms with Crippen LogP contribution in [-0.4, -0.2) is 23.7 Å². The zero-order valence-corrected chi connectivity index (χ0v) is 12.5. The summed E-state index contributed by atoms with van der Waals surface area (Å²) in [6, 6.07) is 5.99. The van der Waals surface area contributed by atoms with Gasteiger partial charge in [0.15, 0.2) is 0 Å². The summed E-state index contributed by atoms with van der Waals surface area (Å²) in [6.45, 7) is 2.15. The van der Waals surface area contributed by atoms with E-state index in [-0.39, 0.29) is 24.5 Å². The molecule has 2 rings (SSSR count). The third kappa shape index (κ3) is 3.91. The fourth-order valence-electron chi connectivity index (χ4n) is 2.31. The van der Waals surface area contributed by atoms with Gasteiger partial charge in [0.05, 0.1) is 6.42 Å².